The lowest BCUT2D eigenvalue weighted by Crippen LogP contribution is -2.47. The van der Waals surface area contributed by atoms with Gasteiger partial charge in [0, 0.05) is 37.7 Å². The number of nitrogens with one attached hydrogen (secondary N) is 3. The highest BCUT2D eigenvalue weighted by molar-refractivity contribution is 6.34. The molecule has 142 valence electrons. The molecule has 3 N–H and O–H groups in total. The summed E-state index contributed by atoms with van der Waals surface area (Å²) in [5, 5.41) is 9.56. The van der Waals surface area contributed by atoms with E-state index in [0.717, 1.165) is 25.9 Å². The fraction of sp³-hybridized carbons (Fsp3) is 0.556. The lowest BCUT2D eigenvalue weighted by atomic mass is 9.79. The Bertz CT molecular complexity index is 671. The zero-order valence-electron chi connectivity index (χ0n) is 14.9. The molecule has 0 bridgehead atoms. The third-order valence-electron chi connectivity index (χ3n) is 5.09. The minimum absolute atomic E-state index is 0.0419. The van der Waals surface area contributed by atoms with Crippen LogP contribution < -0.4 is 20.9 Å². The fourth-order valence-corrected chi connectivity index (χ4v) is 3.79. The van der Waals surface area contributed by atoms with Crippen molar-refractivity contribution in [3.8, 4) is 0 Å². The molecule has 0 aromatic heterocycles. The molecule has 2 saturated heterocycles. The molecule has 0 unspecified atom stereocenters. The van der Waals surface area contributed by atoms with E-state index in [1.165, 1.54) is 0 Å². The van der Waals surface area contributed by atoms with Crippen LogP contribution in [0, 0.1) is 5.41 Å². The molecule has 2 heterocycles. The van der Waals surface area contributed by atoms with Gasteiger partial charge in [-0.1, -0.05) is 11.6 Å². The van der Waals surface area contributed by atoms with E-state index in [-0.39, 0.29) is 17.4 Å². The fourth-order valence-electron chi connectivity index (χ4n) is 3.57. The van der Waals surface area contributed by atoms with Crippen LogP contribution in [0.2, 0.25) is 5.02 Å². The topological polar surface area (TPSA) is 82.7 Å². The molecule has 1 aromatic rings. The van der Waals surface area contributed by atoms with Crippen molar-refractivity contribution < 1.29 is 14.3 Å². The number of methoxy groups -OCH3 is 1. The molecule has 2 aliphatic heterocycles. The predicted octanol–water partition coefficient (Wildman–Crippen LogP) is 1.62. The number of carbonyl (C=O) groups is 2. The summed E-state index contributed by atoms with van der Waals surface area (Å²) >= 11 is 6.23. The van der Waals surface area contributed by atoms with Crippen molar-refractivity contribution in [2.75, 3.05) is 51.3 Å². The predicted molar refractivity (Wildman–Crippen MR) is 101 cm³/mol. The first-order valence-corrected chi connectivity index (χ1v) is 9.25. The Kier molecular flexibility index (Phi) is 6.01. The van der Waals surface area contributed by atoms with Gasteiger partial charge in [0.2, 0.25) is 0 Å². The van der Waals surface area contributed by atoms with Crippen LogP contribution in [0.5, 0.6) is 0 Å². The highest BCUT2D eigenvalue weighted by atomic mass is 35.5. The largest absolute Gasteiger partial charge is 0.384 e. The molecule has 2 aliphatic rings. The maximum absolute atomic E-state index is 12.7. The first-order chi connectivity index (χ1) is 12.5. The monoisotopic (exact) mass is 380 g/mol. The number of anilines is 1. The number of urea groups is 1. The Labute approximate surface area is 158 Å². The van der Waals surface area contributed by atoms with E-state index in [9.17, 15) is 9.59 Å². The normalized spacial score (nSPS) is 19.3. The van der Waals surface area contributed by atoms with E-state index in [1.807, 2.05) is 0 Å². The molecule has 26 heavy (non-hydrogen) atoms. The summed E-state index contributed by atoms with van der Waals surface area (Å²) < 4.78 is 5.39. The van der Waals surface area contributed by atoms with Crippen molar-refractivity contribution in [2.24, 2.45) is 5.41 Å². The summed E-state index contributed by atoms with van der Waals surface area (Å²) in [5.41, 5.74) is 1.01. The molecule has 2 fully saturated rings. The summed E-state index contributed by atoms with van der Waals surface area (Å²) in [6.45, 7) is 4.13. The van der Waals surface area contributed by atoms with Crippen LogP contribution in [0.15, 0.2) is 18.2 Å². The third-order valence-corrected chi connectivity index (χ3v) is 5.41. The average molecular weight is 381 g/mol. The number of rotatable bonds is 6. The number of hydrogen-bond donors (Lipinski definition) is 3. The maximum Gasteiger partial charge on any atom is 0.322 e. The van der Waals surface area contributed by atoms with Gasteiger partial charge in [-0.05, 0) is 44.1 Å². The van der Waals surface area contributed by atoms with Crippen molar-refractivity contribution >= 4 is 29.2 Å². The number of nitrogens with zero attached hydrogens (tertiary/aromatic N) is 1. The van der Waals surface area contributed by atoms with Gasteiger partial charge in [-0.2, -0.15) is 0 Å². The van der Waals surface area contributed by atoms with Gasteiger partial charge in [0.15, 0.2) is 0 Å². The van der Waals surface area contributed by atoms with E-state index in [0.29, 0.717) is 42.5 Å². The molecule has 3 amide bonds. The standard InChI is InChI=1S/C18H25ClN4O3/c1-26-12-18(4-6-20-7-5-18)11-22-16(24)13-2-3-14(19)15(10-13)23-9-8-21-17(23)25/h2-3,10,20H,4-9,11-12H2,1H3,(H,21,25)(H,22,24). The number of halogens is 1. The molecule has 0 aliphatic carbocycles. The second-order valence-corrected chi connectivity index (χ2v) is 7.32. The Morgan fingerprint density at radius 2 is 2.12 bits per heavy atom. The molecule has 0 saturated carbocycles. The number of hydrogen-bond acceptors (Lipinski definition) is 4. The maximum atomic E-state index is 12.7. The smallest absolute Gasteiger partial charge is 0.322 e. The summed E-state index contributed by atoms with van der Waals surface area (Å²) in [6.07, 6.45) is 1.92. The number of carbonyl (C=O) groups excluding carboxylic acids is 2. The molecule has 3 rings (SSSR count). The van der Waals surface area contributed by atoms with Crippen LogP contribution in [-0.4, -0.2) is 58.4 Å². The molecule has 7 nitrogen and oxygen atoms in total. The molecule has 0 spiro atoms. The van der Waals surface area contributed by atoms with Gasteiger partial charge in [0.25, 0.3) is 5.91 Å². The number of benzene rings is 1. The van der Waals surface area contributed by atoms with Gasteiger partial charge < -0.3 is 20.7 Å². The first-order valence-electron chi connectivity index (χ1n) is 8.87. The van der Waals surface area contributed by atoms with Gasteiger partial charge >= 0.3 is 6.03 Å². The zero-order valence-corrected chi connectivity index (χ0v) is 15.7. The molecular formula is C18H25ClN4O3. The van der Waals surface area contributed by atoms with E-state index in [2.05, 4.69) is 16.0 Å². The Morgan fingerprint density at radius 1 is 1.35 bits per heavy atom. The van der Waals surface area contributed by atoms with Crippen LogP contribution in [-0.2, 0) is 4.74 Å². The van der Waals surface area contributed by atoms with Gasteiger partial charge in [0.05, 0.1) is 17.3 Å². The van der Waals surface area contributed by atoms with E-state index in [4.69, 9.17) is 16.3 Å². The Balaban J connectivity index is 1.70. The lowest BCUT2D eigenvalue weighted by molar-refractivity contribution is 0.0512. The van der Waals surface area contributed by atoms with E-state index >= 15 is 0 Å². The molecule has 0 atom stereocenters. The Hall–Kier alpha value is -1.83. The van der Waals surface area contributed by atoms with Crippen molar-refractivity contribution in [1.82, 2.24) is 16.0 Å². The molecule has 8 heteroatoms. The molecule has 1 aromatic carbocycles. The van der Waals surface area contributed by atoms with Gasteiger partial charge in [-0.15, -0.1) is 0 Å². The summed E-state index contributed by atoms with van der Waals surface area (Å²) in [6, 6.07) is 4.82. The summed E-state index contributed by atoms with van der Waals surface area (Å²) in [7, 11) is 1.69. The van der Waals surface area contributed by atoms with Crippen molar-refractivity contribution in [3.63, 3.8) is 0 Å². The minimum atomic E-state index is -0.196. The first kappa shape index (κ1) is 18.9. The van der Waals surface area contributed by atoms with Gasteiger partial charge in [-0.3, -0.25) is 9.69 Å². The van der Waals surface area contributed by atoms with E-state index in [1.54, 1.807) is 30.2 Å². The van der Waals surface area contributed by atoms with Gasteiger partial charge in [0.1, 0.15) is 0 Å². The number of ether oxygens (including phenoxy) is 1. The van der Waals surface area contributed by atoms with Crippen LogP contribution in [0.25, 0.3) is 0 Å². The number of piperidine rings is 1. The molecule has 0 radical (unpaired) electrons. The van der Waals surface area contributed by atoms with Crippen LogP contribution in [0.4, 0.5) is 10.5 Å². The zero-order chi connectivity index (χ0) is 18.6. The second kappa shape index (κ2) is 8.24. The lowest BCUT2D eigenvalue weighted by Gasteiger charge is -2.37. The van der Waals surface area contributed by atoms with Crippen LogP contribution in [0.3, 0.4) is 0 Å². The van der Waals surface area contributed by atoms with Crippen LogP contribution in [0.1, 0.15) is 23.2 Å². The highest BCUT2D eigenvalue weighted by Crippen LogP contribution is 2.30. The summed E-state index contributed by atoms with van der Waals surface area (Å²) in [4.78, 5) is 26.1. The van der Waals surface area contributed by atoms with Crippen molar-refractivity contribution in [1.29, 1.82) is 0 Å². The second-order valence-electron chi connectivity index (χ2n) is 6.92. The minimum Gasteiger partial charge on any atom is -0.384 e. The van der Waals surface area contributed by atoms with Crippen LogP contribution >= 0.6 is 11.6 Å². The Morgan fingerprint density at radius 3 is 2.77 bits per heavy atom. The van der Waals surface area contributed by atoms with Gasteiger partial charge in [-0.25, -0.2) is 4.79 Å². The molecular weight excluding hydrogens is 356 g/mol. The SMILES string of the molecule is COCC1(CNC(=O)c2ccc(Cl)c(N3CCNC3=O)c2)CCNCC1. The highest BCUT2D eigenvalue weighted by Gasteiger charge is 2.32. The van der Waals surface area contributed by atoms with Crippen molar-refractivity contribution in [2.45, 2.75) is 12.8 Å². The summed E-state index contributed by atoms with van der Waals surface area (Å²) in [5.74, 6) is -0.170. The third kappa shape index (κ3) is 4.11. The van der Waals surface area contributed by atoms with Crippen molar-refractivity contribution in [3.05, 3.63) is 28.8 Å². The van der Waals surface area contributed by atoms with E-state index < -0.39 is 0 Å². The number of amides is 3. The quantitative estimate of drug-likeness (QED) is 0.700. The average Bonchev–Trinajstić information content (AvgIpc) is 3.07.